The zero-order chi connectivity index (χ0) is 16.5. The molecule has 0 heterocycles. The molecule has 0 saturated carbocycles. The Labute approximate surface area is 135 Å². The van der Waals surface area contributed by atoms with Crippen LogP contribution in [0.2, 0.25) is 0 Å². The molecule has 0 fully saturated rings. The van der Waals surface area contributed by atoms with Gasteiger partial charge in [0.25, 0.3) is 0 Å². The largest absolute Gasteiger partial charge is 0.402 e. The Bertz CT molecular complexity index is 499. The normalized spacial score (nSPS) is 13.2. The van der Waals surface area contributed by atoms with E-state index < -0.39 is 0 Å². The zero-order valence-corrected chi connectivity index (χ0v) is 14.1. The van der Waals surface area contributed by atoms with Crippen molar-refractivity contribution in [3.8, 4) is 0 Å². The number of nitrogens with one attached hydrogen (secondary N) is 1. The average molecular weight is 298 g/mol. The van der Waals surface area contributed by atoms with E-state index in [9.17, 15) is 0 Å². The summed E-state index contributed by atoms with van der Waals surface area (Å²) in [5.41, 5.74) is 10.0. The summed E-state index contributed by atoms with van der Waals surface area (Å²) in [7, 11) is 0. The van der Waals surface area contributed by atoms with E-state index in [0.29, 0.717) is 12.0 Å². The van der Waals surface area contributed by atoms with Gasteiger partial charge in [-0.05, 0) is 38.2 Å². The maximum Gasteiger partial charge on any atom is 0.0342 e. The Morgan fingerprint density at radius 1 is 1.23 bits per heavy atom. The first-order valence-corrected chi connectivity index (χ1v) is 8.05. The van der Waals surface area contributed by atoms with Gasteiger partial charge in [-0.3, -0.25) is 0 Å². The first-order chi connectivity index (χ1) is 10.5. The van der Waals surface area contributed by atoms with Gasteiger partial charge in [0.15, 0.2) is 0 Å². The molecule has 0 aliphatic rings. The third kappa shape index (κ3) is 5.80. The van der Waals surface area contributed by atoms with E-state index in [0.717, 1.165) is 42.6 Å². The van der Waals surface area contributed by atoms with Crippen LogP contribution in [0.25, 0.3) is 5.70 Å². The first kappa shape index (κ1) is 18.1. The Morgan fingerprint density at radius 2 is 1.86 bits per heavy atom. The quantitative estimate of drug-likeness (QED) is 0.610. The van der Waals surface area contributed by atoms with Crippen LogP contribution in [0.3, 0.4) is 0 Å². The minimum atomic E-state index is 0.320. The van der Waals surface area contributed by atoms with Gasteiger partial charge in [0.05, 0.1) is 0 Å². The monoisotopic (exact) mass is 298 g/mol. The summed E-state index contributed by atoms with van der Waals surface area (Å²) in [5, 5.41) is 3.55. The van der Waals surface area contributed by atoms with Gasteiger partial charge in [-0.25, -0.2) is 0 Å². The molecule has 0 aromatic heterocycles. The predicted octanol–water partition coefficient (Wildman–Crippen LogP) is 4.78. The number of rotatable bonds is 10. The average Bonchev–Trinajstić information content (AvgIpc) is 2.50. The molecule has 3 N–H and O–H groups in total. The second-order valence-electron chi connectivity index (χ2n) is 5.97. The van der Waals surface area contributed by atoms with Crippen molar-refractivity contribution in [2.24, 2.45) is 11.7 Å². The van der Waals surface area contributed by atoms with Gasteiger partial charge in [0.1, 0.15) is 0 Å². The first-order valence-electron chi connectivity index (χ1n) is 8.05. The lowest BCUT2D eigenvalue weighted by atomic mass is 9.93. The van der Waals surface area contributed by atoms with Crippen molar-refractivity contribution < 1.29 is 0 Å². The van der Waals surface area contributed by atoms with Crippen LogP contribution in [0.4, 0.5) is 0 Å². The van der Waals surface area contributed by atoms with Gasteiger partial charge in [0, 0.05) is 23.4 Å². The van der Waals surface area contributed by atoms with Crippen LogP contribution < -0.4 is 11.1 Å². The zero-order valence-electron chi connectivity index (χ0n) is 14.1. The second-order valence-corrected chi connectivity index (χ2v) is 5.97. The molecule has 2 nitrogen and oxygen atoms in total. The van der Waals surface area contributed by atoms with Crippen molar-refractivity contribution >= 4 is 5.70 Å². The van der Waals surface area contributed by atoms with Gasteiger partial charge in [-0.15, -0.1) is 6.58 Å². The molecule has 0 saturated heterocycles. The minimum absolute atomic E-state index is 0.320. The number of allylic oxidation sites excluding steroid dienone is 2. The van der Waals surface area contributed by atoms with Crippen molar-refractivity contribution in [3.63, 3.8) is 0 Å². The van der Waals surface area contributed by atoms with Crippen LogP contribution in [0.15, 0.2) is 55.8 Å². The molecule has 0 spiro atoms. The van der Waals surface area contributed by atoms with Crippen LogP contribution in [-0.4, -0.2) is 6.04 Å². The SMILES string of the molecule is C=CCC(CCC(CC)NC(=C)c1ccc(C)cc1)C(=C)N. The topological polar surface area (TPSA) is 38.0 Å². The number of nitrogens with two attached hydrogens (primary N) is 1. The van der Waals surface area contributed by atoms with Gasteiger partial charge < -0.3 is 11.1 Å². The Kier molecular flexibility index (Phi) is 7.51. The highest BCUT2D eigenvalue weighted by atomic mass is 14.9. The molecule has 0 bridgehead atoms. The third-order valence-corrected chi connectivity index (χ3v) is 4.11. The number of hydrogen-bond donors (Lipinski definition) is 2. The maximum atomic E-state index is 5.88. The smallest absolute Gasteiger partial charge is 0.0342 e. The van der Waals surface area contributed by atoms with Crippen LogP contribution in [0, 0.1) is 12.8 Å². The Morgan fingerprint density at radius 3 is 2.36 bits per heavy atom. The van der Waals surface area contributed by atoms with E-state index in [4.69, 9.17) is 5.73 Å². The van der Waals surface area contributed by atoms with E-state index in [2.05, 4.69) is 63.2 Å². The molecule has 0 aliphatic heterocycles. The van der Waals surface area contributed by atoms with Crippen molar-refractivity contribution in [1.29, 1.82) is 0 Å². The summed E-state index contributed by atoms with van der Waals surface area (Å²) in [6, 6.07) is 8.85. The molecule has 2 heteroatoms. The fourth-order valence-electron chi connectivity index (χ4n) is 2.52. The summed E-state index contributed by atoms with van der Waals surface area (Å²) >= 11 is 0. The molecular formula is C20H30N2. The van der Waals surface area contributed by atoms with Crippen molar-refractivity contribution in [2.75, 3.05) is 0 Å². The predicted molar refractivity (Wildman–Crippen MR) is 98.3 cm³/mol. The highest BCUT2D eigenvalue weighted by Crippen LogP contribution is 2.20. The summed E-state index contributed by atoms with van der Waals surface area (Å²) in [5.74, 6) is 0.320. The van der Waals surface area contributed by atoms with Crippen molar-refractivity contribution in [2.45, 2.75) is 45.6 Å². The van der Waals surface area contributed by atoms with E-state index in [-0.39, 0.29) is 0 Å². The molecule has 1 aromatic carbocycles. The van der Waals surface area contributed by atoms with Gasteiger partial charge in [0.2, 0.25) is 0 Å². The molecule has 1 rings (SSSR count). The maximum absolute atomic E-state index is 5.88. The minimum Gasteiger partial charge on any atom is -0.402 e. The van der Waals surface area contributed by atoms with Gasteiger partial charge in [-0.1, -0.05) is 56.0 Å². The highest BCUT2D eigenvalue weighted by molar-refractivity contribution is 5.61. The van der Waals surface area contributed by atoms with Crippen molar-refractivity contribution in [3.05, 3.63) is 66.9 Å². The summed E-state index contributed by atoms with van der Waals surface area (Å²) in [4.78, 5) is 0. The van der Waals surface area contributed by atoms with Gasteiger partial charge in [-0.2, -0.15) is 0 Å². The molecule has 0 aliphatic carbocycles. The summed E-state index contributed by atoms with van der Waals surface area (Å²) in [6.45, 7) is 16.1. The highest BCUT2D eigenvalue weighted by Gasteiger charge is 2.13. The standard InChI is InChI=1S/C20H30N2/c1-6-8-18(16(4)21)13-14-20(7-2)22-17(5)19-11-9-15(3)10-12-19/h6,9-12,18,20,22H,1,4-5,7-8,13-14,21H2,2-3H3. The van der Waals surface area contributed by atoms with E-state index in [1.165, 1.54) is 5.56 Å². The Hall–Kier alpha value is -1.96. The molecule has 2 atom stereocenters. The molecule has 2 unspecified atom stereocenters. The number of aryl methyl sites for hydroxylation is 1. The van der Waals surface area contributed by atoms with Crippen LogP contribution in [0.1, 0.15) is 43.7 Å². The molecule has 0 amide bonds. The lowest BCUT2D eigenvalue weighted by Gasteiger charge is -2.23. The molecule has 0 radical (unpaired) electrons. The molecule has 1 aromatic rings. The lowest BCUT2D eigenvalue weighted by molar-refractivity contribution is 0.453. The second kappa shape index (κ2) is 9.14. The van der Waals surface area contributed by atoms with E-state index in [1.54, 1.807) is 0 Å². The fourth-order valence-corrected chi connectivity index (χ4v) is 2.52. The third-order valence-electron chi connectivity index (χ3n) is 4.11. The molecule has 22 heavy (non-hydrogen) atoms. The molecular weight excluding hydrogens is 268 g/mol. The lowest BCUT2D eigenvalue weighted by Crippen LogP contribution is -2.27. The summed E-state index contributed by atoms with van der Waals surface area (Å²) < 4.78 is 0. The molecule has 120 valence electrons. The Balaban J connectivity index is 2.57. The van der Waals surface area contributed by atoms with Gasteiger partial charge >= 0.3 is 0 Å². The van der Waals surface area contributed by atoms with Crippen LogP contribution in [0.5, 0.6) is 0 Å². The van der Waals surface area contributed by atoms with Crippen molar-refractivity contribution in [1.82, 2.24) is 5.32 Å². The number of benzene rings is 1. The van der Waals surface area contributed by atoms with E-state index >= 15 is 0 Å². The van der Waals surface area contributed by atoms with Crippen LogP contribution in [-0.2, 0) is 0 Å². The number of hydrogen-bond acceptors (Lipinski definition) is 2. The van der Waals surface area contributed by atoms with E-state index in [1.807, 2.05) is 6.08 Å². The van der Waals surface area contributed by atoms with Crippen LogP contribution >= 0.6 is 0 Å². The summed E-state index contributed by atoms with van der Waals surface area (Å²) in [6.07, 6.45) is 5.94. The fraction of sp³-hybridized carbons (Fsp3) is 0.400.